The van der Waals surface area contributed by atoms with Gasteiger partial charge in [-0.25, -0.2) is 0 Å². The predicted molar refractivity (Wildman–Crippen MR) is 84.0 cm³/mol. The van der Waals surface area contributed by atoms with Gasteiger partial charge in [-0.2, -0.15) is 0 Å². The highest BCUT2D eigenvalue weighted by atomic mass is 16.3. The first-order chi connectivity index (χ1) is 9.52. The van der Waals surface area contributed by atoms with Crippen LogP contribution in [-0.4, -0.2) is 71.9 Å². The Bertz CT molecular complexity index is 285. The highest BCUT2D eigenvalue weighted by Gasteiger charge is 2.31. The van der Waals surface area contributed by atoms with Crippen molar-refractivity contribution in [3.05, 3.63) is 0 Å². The lowest BCUT2D eigenvalue weighted by Crippen LogP contribution is -2.50. The van der Waals surface area contributed by atoms with Crippen LogP contribution in [0.3, 0.4) is 0 Å². The van der Waals surface area contributed by atoms with Gasteiger partial charge in [0.05, 0.1) is 6.61 Å². The van der Waals surface area contributed by atoms with E-state index in [-0.39, 0.29) is 12.1 Å². The summed E-state index contributed by atoms with van der Waals surface area (Å²) in [5.74, 6) is 0. The van der Waals surface area contributed by atoms with Gasteiger partial charge in [-0.15, -0.1) is 0 Å². The van der Waals surface area contributed by atoms with Crippen LogP contribution in [0.2, 0.25) is 0 Å². The lowest BCUT2D eigenvalue weighted by Gasteiger charge is -2.36. The Hall–Kier alpha value is -0.160. The summed E-state index contributed by atoms with van der Waals surface area (Å²) in [6, 6.07) is 1.35. The minimum Gasteiger partial charge on any atom is -0.394 e. The zero-order chi connectivity index (χ0) is 14.6. The number of nitrogens with zero attached hydrogens (tertiary/aromatic N) is 2. The average Bonchev–Trinajstić information content (AvgIpc) is 3.23. The first-order valence-corrected chi connectivity index (χ1v) is 8.37. The van der Waals surface area contributed by atoms with Crippen LogP contribution in [0.15, 0.2) is 0 Å². The Morgan fingerprint density at radius 1 is 1.20 bits per heavy atom. The van der Waals surface area contributed by atoms with Crippen molar-refractivity contribution in [1.29, 1.82) is 0 Å². The Kier molecular flexibility index (Phi) is 5.84. The summed E-state index contributed by atoms with van der Waals surface area (Å²) in [4.78, 5) is 5.25. The van der Waals surface area contributed by atoms with Crippen LogP contribution in [0.25, 0.3) is 0 Å². The van der Waals surface area contributed by atoms with Gasteiger partial charge in [0.2, 0.25) is 0 Å². The number of hydrogen-bond acceptors (Lipinski definition) is 4. The largest absolute Gasteiger partial charge is 0.394 e. The zero-order valence-electron chi connectivity index (χ0n) is 13.6. The quantitative estimate of drug-likeness (QED) is 0.704. The molecule has 1 aliphatic carbocycles. The summed E-state index contributed by atoms with van der Waals surface area (Å²) in [5.41, 5.74) is -0.121. The van der Waals surface area contributed by atoms with E-state index in [1.54, 1.807) is 0 Å². The number of aliphatic hydroxyl groups excluding tert-OH is 1. The van der Waals surface area contributed by atoms with Crippen molar-refractivity contribution in [2.75, 3.05) is 39.3 Å². The van der Waals surface area contributed by atoms with E-state index in [4.69, 9.17) is 0 Å². The Morgan fingerprint density at radius 2 is 1.85 bits per heavy atom. The molecule has 4 heteroatoms. The topological polar surface area (TPSA) is 38.7 Å². The molecule has 0 amide bonds. The summed E-state index contributed by atoms with van der Waals surface area (Å²) in [6.07, 6.45) is 5.07. The highest BCUT2D eigenvalue weighted by Crippen LogP contribution is 2.27. The lowest BCUT2D eigenvalue weighted by atomic mass is 9.95. The maximum atomic E-state index is 9.59. The normalized spacial score (nSPS) is 25.1. The third-order valence-electron chi connectivity index (χ3n) is 4.66. The van der Waals surface area contributed by atoms with Crippen LogP contribution in [0.4, 0.5) is 0 Å². The van der Waals surface area contributed by atoms with Crippen LogP contribution in [-0.2, 0) is 0 Å². The second-order valence-corrected chi connectivity index (χ2v) is 7.23. The maximum Gasteiger partial charge on any atom is 0.0610 e. The lowest BCUT2D eigenvalue weighted by molar-refractivity contribution is 0.114. The molecule has 0 radical (unpaired) electrons. The molecule has 2 aliphatic rings. The van der Waals surface area contributed by atoms with Gasteiger partial charge in [-0.1, -0.05) is 13.8 Å². The van der Waals surface area contributed by atoms with E-state index in [1.807, 2.05) is 0 Å². The third kappa shape index (κ3) is 4.99. The van der Waals surface area contributed by atoms with Crippen molar-refractivity contribution in [2.24, 2.45) is 0 Å². The first kappa shape index (κ1) is 16.2. The van der Waals surface area contributed by atoms with Gasteiger partial charge in [0.1, 0.15) is 0 Å². The van der Waals surface area contributed by atoms with Crippen molar-refractivity contribution in [1.82, 2.24) is 15.1 Å². The molecule has 1 atom stereocenters. The van der Waals surface area contributed by atoms with E-state index in [1.165, 1.54) is 52.0 Å². The van der Waals surface area contributed by atoms with Crippen LogP contribution in [0.5, 0.6) is 0 Å². The van der Waals surface area contributed by atoms with E-state index in [0.717, 1.165) is 12.5 Å². The number of hydrogen-bond donors (Lipinski definition) is 2. The SMILES string of the molecule is CC(C)NC(C)(CO)CCCN1CCN(C2CC2)CC1. The van der Waals surface area contributed by atoms with Crippen molar-refractivity contribution in [2.45, 2.75) is 64.1 Å². The number of rotatable bonds is 8. The molecular formula is C16H33N3O. The van der Waals surface area contributed by atoms with Crippen molar-refractivity contribution in [3.63, 3.8) is 0 Å². The van der Waals surface area contributed by atoms with E-state index in [2.05, 4.69) is 35.9 Å². The van der Waals surface area contributed by atoms with Crippen LogP contribution in [0.1, 0.15) is 46.5 Å². The Balaban J connectivity index is 1.62. The second-order valence-electron chi connectivity index (χ2n) is 7.23. The van der Waals surface area contributed by atoms with E-state index in [9.17, 15) is 5.11 Å². The van der Waals surface area contributed by atoms with Gasteiger partial charge in [0.25, 0.3) is 0 Å². The van der Waals surface area contributed by atoms with Gasteiger partial charge in [0.15, 0.2) is 0 Å². The molecule has 118 valence electrons. The molecule has 2 N–H and O–H groups in total. The van der Waals surface area contributed by atoms with Crippen LogP contribution in [0, 0.1) is 0 Å². The molecule has 1 saturated carbocycles. The molecule has 4 nitrogen and oxygen atoms in total. The number of nitrogens with one attached hydrogen (secondary N) is 1. The molecule has 1 saturated heterocycles. The predicted octanol–water partition coefficient (Wildman–Crippen LogP) is 1.30. The molecule has 1 aliphatic heterocycles. The Morgan fingerprint density at radius 3 is 2.35 bits per heavy atom. The van der Waals surface area contributed by atoms with Crippen molar-refractivity contribution in [3.8, 4) is 0 Å². The summed E-state index contributed by atoms with van der Waals surface area (Å²) in [6.45, 7) is 12.8. The fraction of sp³-hybridized carbons (Fsp3) is 1.00. The molecule has 2 fully saturated rings. The van der Waals surface area contributed by atoms with E-state index < -0.39 is 0 Å². The third-order valence-corrected chi connectivity index (χ3v) is 4.66. The molecule has 0 aromatic carbocycles. The van der Waals surface area contributed by atoms with Gasteiger partial charge in [-0.05, 0) is 39.2 Å². The van der Waals surface area contributed by atoms with Crippen molar-refractivity contribution < 1.29 is 5.11 Å². The molecule has 0 aromatic heterocycles. The number of aliphatic hydroxyl groups is 1. The Labute approximate surface area is 124 Å². The molecule has 0 spiro atoms. The maximum absolute atomic E-state index is 9.59. The molecule has 1 unspecified atom stereocenters. The molecular weight excluding hydrogens is 250 g/mol. The zero-order valence-corrected chi connectivity index (χ0v) is 13.6. The van der Waals surface area contributed by atoms with E-state index >= 15 is 0 Å². The summed E-state index contributed by atoms with van der Waals surface area (Å²) >= 11 is 0. The fourth-order valence-electron chi connectivity index (χ4n) is 3.38. The molecule has 1 heterocycles. The molecule has 2 rings (SSSR count). The number of piperazine rings is 1. The molecule has 20 heavy (non-hydrogen) atoms. The van der Waals surface area contributed by atoms with E-state index in [0.29, 0.717) is 6.04 Å². The monoisotopic (exact) mass is 283 g/mol. The second kappa shape index (κ2) is 7.21. The summed E-state index contributed by atoms with van der Waals surface area (Å²) < 4.78 is 0. The highest BCUT2D eigenvalue weighted by molar-refractivity contribution is 4.88. The minimum atomic E-state index is -0.121. The minimum absolute atomic E-state index is 0.121. The first-order valence-electron chi connectivity index (χ1n) is 8.37. The molecule has 0 bridgehead atoms. The molecule has 0 aromatic rings. The average molecular weight is 283 g/mol. The van der Waals surface area contributed by atoms with Crippen LogP contribution >= 0.6 is 0 Å². The van der Waals surface area contributed by atoms with Gasteiger partial charge >= 0.3 is 0 Å². The van der Waals surface area contributed by atoms with Gasteiger partial charge in [-0.3, -0.25) is 4.90 Å². The summed E-state index contributed by atoms with van der Waals surface area (Å²) in [5, 5.41) is 13.1. The smallest absolute Gasteiger partial charge is 0.0610 e. The van der Waals surface area contributed by atoms with Gasteiger partial charge < -0.3 is 15.3 Å². The van der Waals surface area contributed by atoms with Crippen LogP contribution < -0.4 is 5.32 Å². The fourth-order valence-corrected chi connectivity index (χ4v) is 3.38. The standard InChI is InChI=1S/C16H33N3O/c1-14(2)17-16(3,13-20)7-4-8-18-9-11-19(12-10-18)15-5-6-15/h14-15,17,20H,4-13H2,1-3H3. The van der Waals surface area contributed by atoms with Crippen molar-refractivity contribution >= 4 is 0 Å². The summed E-state index contributed by atoms with van der Waals surface area (Å²) in [7, 11) is 0. The van der Waals surface area contributed by atoms with Gasteiger partial charge in [0, 0.05) is 43.8 Å².